The third-order valence-electron chi connectivity index (χ3n) is 3.75. The standard InChI is InChI=1S/C14H20Cl2N2O4S/c1-21-14(9-18-23(2,19)20)8-17-5-6-22-13(14)10-3-4-11(15)12(16)7-10/h3-4,7,13,17-18H,5-6,8-9H2,1-2H3. The van der Waals surface area contributed by atoms with Crippen LogP contribution in [0.2, 0.25) is 10.0 Å². The summed E-state index contributed by atoms with van der Waals surface area (Å²) in [6.45, 7) is 1.61. The Morgan fingerprint density at radius 3 is 2.78 bits per heavy atom. The van der Waals surface area contributed by atoms with Gasteiger partial charge in [-0.25, -0.2) is 13.1 Å². The number of methoxy groups -OCH3 is 1. The van der Waals surface area contributed by atoms with E-state index in [0.29, 0.717) is 29.7 Å². The van der Waals surface area contributed by atoms with Crippen LogP contribution in [0.15, 0.2) is 18.2 Å². The summed E-state index contributed by atoms with van der Waals surface area (Å²) in [4.78, 5) is 0. The van der Waals surface area contributed by atoms with Crippen LogP contribution in [0.1, 0.15) is 11.7 Å². The Hall–Kier alpha value is -0.410. The van der Waals surface area contributed by atoms with Gasteiger partial charge in [-0.05, 0) is 17.7 Å². The summed E-state index contributed by atoms with van der Waals surface area (Å²) in [7, 11) is -1.83. The van der Waals surface area contributed by atoms with E-state index in [1.807, 2.05) is 0 Å². The quantitative estimate of drug-likeness (QED) is 0.808. The van der Waals surface area contributed by atoms with E-state index in [9.17, 15) is 8.42 Å². The van der Waals surface area contributed by atoms with E-state index in [4.69, 9.17) is 32.7 Å². The highest BCUT2D eigenvalue weighted by molar-refractivity contribution is 7.88. The van der Waals surface area contributed by atoms with Crippen LogP contribution in [0.4, 0.5) is 0 Å². The lowest BCUT2D eigenvalue weighted by molar-refractivity contribution is -0.113. The molecule has 1 aromatic rings. The van der Waals surface area contributed by atoms with E-state index in [1.165, 1.54) is 7.11 Å². The summed E-state index contributed by atoms with van der Waals surface area (Å²) in [5, 5.41) is 4.06. The Morgan fingerprint density at radius 2 is 2.17 bits per heavy atom. The van der Waals surface area contributed by atoms with Gasteiger partial charge in [0.05, 0.1) is 22.9 Å². The van der Waals surface area contributed by atoms with Crippen molar-refractivity contribution >= 4 is 33.2 Å². The molecule has 0 aliphatic carbocycles. The van der Waals surface area contributed by atoms with E-state index < -0.39 is 21.7 Å². The van der Waals surface area contributed by atoms with E-state index in [-0.39, 0.29) is 6.54 Å². The van der Waals surface area contributed by atoms with Crippen LogP contribution in [0, 0.1) is 0 Å². The predicted octanol–water partition coefficient (Wildman–Crippen LogP) is 1.59. The van der Waals surface area contributed by atoms with Crippen LogP contribution in [-0.2, 0) is 19.5 Å². The minimum absolute atomic E-state index is 0.0697. The molecule has 2 rings (SSSR count). The lowest BCUT2D eigenvalue weighted by Crippen LogP contribution is -2.54. The molecule has 2 atom stereocenters. The van der Waals surface area contributed by atoms with Gasteiger partial charge in [0.1, 0.15) is 11.7 Å². The van der Waals surface area contributed by atoms with Crippen molar-refractivity contribution in [2.45, 2.75) is 11.7 Å². The Bertz CT molecular complexity index is 656. The molecule has 6 nitrogen and oxygen atoms in total. The molecule has 1 aliphatic heterocycles. The summed E-state index contributed by atoms with van der Waals surface area (Å²) in [6, 6.07) is 5.21. The van der Waals surface area contributed by atoms with Crippen LogP contribution < -0.4 is 10.0 Å². The Kier molecular flexibility index (Phi) is 6.29. The minimum Gasteiger partial charge on any atom is -0.372 e. The first kappa shape index (κ1) is 18.9. The normalized spacial score (nSPS) is 26.0. The third kappa shape index (κ3) is 4.79. The molecule has 0 saturated carbocycles. The Morgan fingerprint density at radius 1 is 1.43 bits per heavy atom. The average Bonchev–Trinajstić information content (AvgIpc) is 2.70. The molecule has 2 N–H and O–H groups in total. The van der Waals surface area contributed by atoms with Gasteiger partial charge in [0.2, 0.25) is 10.0 Å². The Balaban J connectivity index is 2.38. The maximum absolute atomic E-state index is 11.5. The monoisotopic (exact) mass is 382 g/mol. The van der Waals surface area contributed by atoms with Crippen molar-refractivity contribution < 1.29 is 17.9 Å². The van der Waals surface area contributed by atoms with Crippen LogP contribution in [0.3, 0.4) is 0 Å². The summed E-state index contributed by atoms with van der Waals surface area (Å²) in [5.74, 6) is 0. The summed E-state index contributed by atoms with van der Waals surface area (Å²) in [5.41, 5.74) is -0.128. The number of rotatable bonds is 5. The molecule has 0 amide bonds. The van der Waals surface area contributed by atoms with Crippen molar-refractivity contribution in [2.75, 3.05) is 39.6 Å². The molecule has 1 saturated heterocycles. The van der Waals surface area contributed by atoms with Gasteiger partial charge in [-0.15, -0.1) is 0 Å². The van der Waals surface area contributed by atoms with Gasteiger partial charge in [0.15, 0.2) is 0 Å². The molecule has 130 valence electrons. The molecular weight excluding hydrogens is 363 g/mol. The highest BCUT2D eigenvalue weighted by Crippen LogP contribution is 2.36. The smallest absolute Gasteiger partial charge is 0.208 e. The number of sulfonamides is 1. The van der Waals surface area contributed by atoms with E-state index in [2.05, 4.69) is 10.0 Å². The lowest BCUT2D eigenvalue weighted by Gasteiger charge is -2.38. The van der Waals surface area contributed by atoms with Gasteiger partial charge in [0, 0.05) is 26.7 Å². The molecule has 2 unspecified atom stereocenters. The molecule has 0 aromatic heterocycles. The fourth-order valence-electron chi connectivity index (χ4n) is 2.53. The summed E-state index contributed by atoms with van der Waals surface area (Å²) in [6.07, 6.45) is 0.613. The average molecular weight is 383 g/mol. The maximum atomic E-state index is 11.5. The zero-order chi connectivity index (χ0) is 17.1. The van der Waals surface area contributed by atoms with Crippen molar-refractivity contribution in [3.63, 3.8) is 0 Å². The maximum Gasteiger partial charge on any atom is 0.208 e. The number of nitrogens with one attached hydrogen (secondary N) is 2. The Labute approximate surface area is 146 Å². The van der Waals surface area contributed by atoms with Crippen LogP contribution in [0.25, 0.3) is 0 Å². The van der Waals surface area contributed by atoms with Gasteiger partial charge in [-0.1, -0.05) is 29.3 Å². The highest BCUT2D eigenvalue weighted by Gasteiger charge is 2.43. The molecule has 0 spiro atoms. The number of hydrogen-bond donors (Lipinski definition) is 2. The zero-order valence-electron chi connectivity index (χ0n) is 12.9. The van der Waals surface area contributed by atoms with E-state index in [0.717, 1.165) is 11.8 Å². The number of hydrogen-bond acceptors (Lipinski definition) is 5. The van der Waals surface area contributed by atoms with Gasteiger partial charge in [0.25, 0.3) is 0 Å². The molecule has 1 aliphatic rings. The lowest BCUT2D eigenvalue weighted by atomic mass is 9.90. The molecular formula is C14H20Cl2N2O4S. The van der Waals surface area contributed by atoms with Crippen molar-refractivity contribution in [1.29, 1.82) is 0 Å². The second-order valence-electron chi connectivity index (χ2n) is 5.46. The molecule has 23 heavy (non-hydrogen) atoms. The molecule has 1 heterocycles. The molecule has 9 heteroatoms. The fraction of sp³-hybridized carbons (Fsp3) is 0.571. The molecule has 1 aromatic carbocycles. The molecule has 0 radical (unpaired) electrons. The first-order valence-electron chi connectivity index (χ1n) is 7.04. The molecule has 1 fully saturated rings. The summed E-state index contributed by atoms with van der Waals surface area (Å²) >= 11 is 12.1. The van der Waals surface area contributed by atoms with E-state index >= 15 is 0 Å². The van der Waals surface area contributed by atoms with Crippen molar-refractivity contribution in [2.24, 2.45) is 0 Å². The highest BCUT2D eigenvalue weighted by atomic mass is 35.5. The number of halogens is 2. The van der Waals surface area contributed by atoms with Crippen molar-refractivity contribution in [3.05, 3.63) is 33.8 Å². The van der Waals surface area contributed by atoms with Gasteiger partial charge in [-0.3, -0.25) is 0 Å². The largest absolute Gasteiger partial charge is 0.372 e. The van der Waals surface area contributed by atoms with Crippen LogP contribution in [0.5, 0.6) is 0 Å². The van der Waals surface area contributed by atoms with Gasteiger partial charge in [-0.2, -0.15) is 0 Å². The third-order valence-corrected chi connectivity index (χ3v) is 5.16. The van der Waals surface area contributed by atoms with Crippen molar-refractivity contribution in [1.82, 2.24) is 10.0 Å². The second kappa shape index (κ2) is 7.65. The SMILES string of the molecule is COC1(CNS(C)(=O)=O)CNCCOC1c1ccc(Cl)c(Cl)c1. The number of ether oxygens (including phenoxy) is 2. The molecule has 0 bridgehead atoms. The zero-order valence-corrected chi connectivity index (χ0v) is 15.3. The van der Waals surface area contributed by atoms with Crippen LogP contribution >= 0.6 is 23.2 Å². The summed E-state index contributed by atoms with van der Waals surface area (Å²) < 4.78 is 37.1. The fourth-order valence-corrected chi connectivity index (χ4v) is 3.34. The van der Waals surface area contributed by atoms with Gasteiger partial charge < -0.3 is 14.8 Å². The first-order chi connectivity index (χ1) is 10.8. The van der Waals surface area contributed by atoms with Gasteiger partial charge >= 0.3 is 0 Å². The van der Waals surface area contributed by atoms with E-state index in [1.54, 1.807) is 18.2 Å². The predicted molar refractivity (Wildman–Crippen MR) is 90.6 cm³/mol. The minimum atomic E-state index is -3.36. The van der Waals surface area contributed by atoms with Crippen LogP contribution in [-0.4, -0.2) is 53.6 Å². The van der Waals surface area contributed by atoms with Crippen molar-refractivity contribution in [3.8, 4) is 0 Å². The topological polar surface area (TPSA) is 76.7 Å². The number of benzene rings is 1. The first-order valence-corrected chi connectivity index (χ1v) is 9.69. The second-order valence-corrected chi connectivity index (χ2v) is 8.11.